The Morgan fingerprint density at radius 3 is 2.78 bits per heavy atom. The summed E-state index contributed by atoms with van der Waals surface area (Å²) in [5, 5.41) is 9.76. The Labute approximate surface area is 103 Å². The van der Waals surface area contributed by atoms with Crippen molar-refractivity contribution in [2.45, 2.75) is 13.5 Å². The van der Waals surface area contributed by atoms with E-state index >= 15 is 0 Å². The molecular weight excluding hydrogens is 234 g/mol. The molecule has 18 heavy (non-hydrogen) atoms. The van der Waals surface area contributed by atoms with Gasteiger partial charge in [-0.3, -0.25) is 4.79 Å². The topological polar surface area (TPSA) is 68.5 Å². The number of nitrogens with zero attached hydrogens (tertiary/aromatic N) is 1. The fourth-order valence-corrected chi connectivity index (χ4v) is 1.80. The van der Waals surface area contributed by atoms with Crippen LogP contribution in [0.25, 0.3) is 10.8 Å². The van der Waals surface area contributed by atoms with Gasteiger partial charge in [0.25, 0.3) is 5.56 Å². The number of ether oxygens (including phenoxy) is 1. The van der Waals surface area contributed by atoms with E-state index in [2.05, 4.69) is 0 Å². The normalized spacial score (nSPS) is 10.5. The number of hydrogen-bond acceptors (Lipinski definition) is 3. The van der Waals surface area contributed by atoms with Gasteiger partial charge in [0, 0.05) is 18.1 Å². The van der Waals surface area contributed by atoms with E-state index in [1.54, 1.807) is 35.0 Å². The molecule has 0 saturated heterocycles. The summed E-state index contributed by atoms with van der Waals surface area (Å²) in [5.74, 6) is -0.635. The largest absolute Gasteiger partial charge is 0.481 e. The van der Waals surface area contributed by atoms with Gasteiger partial charge in [-0.2, -0.15) is 0 Å². The molecule has 5 nitrogen and oxygen atoms in total. The number of aliphatic carboxylic acids is 1. The molecule has 1 aromatic carbocycles. The molecule has 1 N–H and O–H groups in total. The van der Waals surface area contributed by atoms with Crippen LogP contribution >= 0.6 is 0 Å². The quantitative estimate of drug-likeness (QED) is 0.888. The first-order valence-corrected chi connectivity index (χ1v) is 5.60. The third kappa shape index (κ3) is 2.20. The highest BCUT2D eigenvalue weighted by molar-refractivity contribution is 5.87. The molecule has 0 atom stereocenters. The number of aromatic nitrogens is 1. The Morgan fingerprint density at radius 1 is 1.33 bits per heavy atom. The van der Waals surface area contributed by atoms with Crippen LogP contribution < -0.4 is 10.3 Å². The monoisotopic (exact) mass is 247 g/mol. The number of fused-ring (bicyclic) bond motifs is 1. The van der Waals surface area contributed by atoms with Crippen LogP contribution in [0.15, 0.2) is 35.3 Å². The van der Waals surface area contributed by atoms with Gasteiger partial charge in [-0.1, -0.05) is 6.07 Å². The molecule has 1 heterocycles. The summed E-state index contributed by atoms with van der Waals surface area (Å²) in [6, 6.07) is 6.80. The van der Waals surface area contributed by atoms with Gasteiger partial charge in [0.15, 0.2) is 6.61 Å². The van der Waals surface area contributed by atoms with Gasteiger partial charge < -0.3 is 14.4 Å². The highest BCUT2D eigenvalue weighted by Gasteiger charge is 2.07. The zero-order valence-corrected chi connectivity index (χ0v) is 9.92. The molecule has 0 aliphatic carbocycles. The summed E-state index contributed by atoms with van der Waals surface area (Å²) in [6.45, 7) is 2.06. The van der Waals surface area contributed by atoms with E-state index < -0.39 is 12.6 Å². The Hall–Kier alpha value is -2.30. The van der Waals surface area contributed by atoms with Crippen LogP contribution in [0.4, 0.5) is 0 Å². The van der Waals surface area contributed by atoms with Gasteiger partial charge in [-0.15, -0.1) is 0 Å². The average molecular weight is 247 g/mol. The second kappa shape index (κ2) is 4.91. The molecule has 2 rings (SSSR count). The molecule has 0 radical (unpaired) electrons. The first-order chi connectivity index (χ1) is 8.63. The van der Waals surface area contributed by atoms with E-state index in [1.165, 1.54) is 0 Å². The van der Waals surface area contributed by atoms with Crippen LogP contribution in [-0.4, -0.2) is 22.2 Å². The van der Waals surface area contributed by atoms with Crippen molar-refractivity contribution < 1.29 is 14.6 Å². The maximum atomic E-state index is 12.0. The fraction of sp³-hybridized carbons (Fsp3) is 0.231. The summed E-state index contributed by atoms with van der Waals surface area (Å²) in [6.07, 6.45) is 1.68. The van der Waals surface area contributed by atoms with E-state index in [0.717, 1.165) is 0 Å². The van der Waals surface area contributed by atoms with Gasteiger partial charge >= 0.3 is 5.97 Å². The van der Waals surface area contributed by atoms with Crippen LogP contribution in [0.5, 0.6) is 5.75 Å². The first-order valence-electron chi connectivity index (χ1n) is 5.60. The van der Waals surface area contributed by atoms with Crippen LogP contribution in [0, 0.1) is 0 Å². The van der Waals surface area contributed by atoms with Crippen molar-refractivity contribution in [1.29, 1.82) is 0 Å². The van der Waals surface area contributed by atoms with Crippen LogP contribution in [0.1, 0.15) is 6.92 Å². The van der Waals surface area contributed by atoms with Crippen molar-refractivity contribution in [3.05, 3.63) is 40.8 Å². The molecule has 0 spiro atoms. The first kappa shape index (κ1) is 12.2. The third-order valence-electron chi connectivity index (χ3n) is 2.67. The Bertz CT molecular complexity index is 645. The number of pyridine rings is 1. The van der Waals surface area contributed by atoms with Crippen molar-refractivity contribution in [2.24, 2.45) is 0 Å². The molecule has 0 fully saturated rings. The standard InChI is InChI=1S/C13H13NO4/c1-2-14-7-6-9-10(13(14)17)4-3-5-11(9)18-8-12(15)16/h3-7H,2,8H2,1H3,(H,15,16). The Morgan fingerprint density at radius 2 is 2.11 bits per heavy atom. The number of carboxylic acid groups (broad SMARTS) is 1. The molecule has 2 aromatic rings. The van der Waals surface area contributed by atoms with Crippen molar-refractivity contribution in [3.8, 4) is 5.75 Å². The van der Waals surface area contributed by atoms with Crippen LogP contribution in [-0.2, 0) is 11.3 Å². The summed E-state index contributed by atoms with van der Waals surface area (Å²) in [4.78, 5) is 22.5. The summed E-state index contributed by atoms with van der Waals surface area (Å²) >= 11 is 0. The number of carbonyl (C=O) groups is 1. The average Bonchev–Trinajstić information content (AvgIpc) is 2.37. The van der Waals surface area contributed by atoms with Gasteiger partial charge in [0.05, 0.1) is 5.39 Å². The van der Waals surface area contributed by atoms with Gasteiger partial charge in [-0.05, 0) is 25.1 Å². The lowest BCUT2D eigenvalue weighted by atomic mass is 10.1. The van der Waals surface area contributed by atoms with E-state index in [1.807, 2.05) is 6.92 Å². The molecular formula is C13H13NO4. The zero-order chi connectivity index (χ0) is 13.1. The highest BCUT2D eigenvalue weighted by Crippen LogP contribution is 2.22. The molecule has 1 aromatic heterocycles. The summed E-state index contributed by atoms with van der Waals surface area (Å²) in [7, 11) is 0. The predicted octanol–water partition coefficient (Wildman–Crippen LogP) is 1.48. The number of carboxylic acids is 1. The second-order valence-corrected chi connectivity index (χ2v) is 3.81. The van der Waals surface area contributed by atoms with E-state index in [0.29, 0.717) is 23.1 Å². The van der Waals surface area contributed by atoms with Gasteiger partial charge in [0.2, 0.25) is 0 Å². The molecule has 94 valence electrons. The lowest BCUT2D eigenvalue weighted by Crippen LogP contribution is -2.18. The van der Waals surface area contributed by atoms with Crippen molar-refractivity contribution in [2.75, 3.05) is 6.61 Å². The molecule has 0 unspecified atom stereocenters. The Balaban J connectivity index is 2.54. The number of aryl methyl sites for hydroxylation is 1. The second-order valence-electron chi connectivity index (χ2n) is 3.81. The van der Waals surface area contributed by atoms with Gasteiger partial charge in [0.1, 0.15) is 5.75 Å². The lowest BCUT2D eigenvalue weighted by molar-refractivity contribution is -0.139. The maximum Gasteiger partial charge on any atom is 0.341 e. The van der Waals surface area contributed by atoms with Crippen molar-refractivity contribution in [1.82, 2.24) is 4.57 Å². The highest BCUT2D eigenvalue weighted by atomic mass is 16.5. The molecule has 5 heteroatoms. The zero-order valence-electron chi connectivity index (χ0n) is 9.92. The van der Waals surface area contributed by atoms with Gasteiger partial charge in [-0.25, -0.2) is 4.79 Å². The molecule has 0 saturated carbocycles. The van der Waals surface area contributed by atoms with E-state index in [9.17, 15) is 9.59 Å². The summed E-state index contributed by atoms with van der Waals surface area (Å²) in [5.41, 5.74) is -0.101. The minimum absolute atomic E-state index is 0.101. The Kier molecular flexibility index (Phi) is 3.32. The van der Waals surface area contributed by atoms with Crippen LogP contribution in [0.3, 0.4) is 0 Å². The third-order valence-corrected chi connectivity index (χ3v) is 2.67. The molecule has 0 amide bonds. The van der Waals surface area contributed by atoms with Crippen molar-refractivity contribution >= 4 is 16.7 Å². The number of rotatable bonds is 4. The number of hydrogen-bond donors (Lipinski definition) is 1. The molecule has 0 aliphatic heterocycles. The fourth-order valence-electron chi connectivity index (χ4n) is 1.80. The SMILES string of the molecule is CCn1ccc2c(OCC(=O)O)cccc2c1=O. The summed E-state index contributed by atoms with van der Waals surface area (Å²) < 4.78 is 6.75. The lowest BCUT2D eigenvalue weighted by Gasteiger charge is -2.08. The van der Waals surface area contributed by atoms with E-state index in [4.69, 9.17) is 9.84 Å². The maximum absolute atomic E-state index is 12.0. The minimum Gasteiger partial charge on any atom is -0.481 e. The smallest absolute Gasteiger partial charge is 0.341 e. The van der Waals surface area contributed by atoms with Crippen LogP contribution in [0.2, 0.25) is 0 Å². The van der Waals surface area contributed by atoms with Crippen molar-refractivity contribution in [3.63, 3.8) is 0 Å². The number of benzene rings is 1. The predicted molar refractivity (Wildman–Crippen MR) is 67.0 cm³/mol. The molecule has 0 bridgehead atoms. The van der Waals surface area contributed by atoms with E-state index in [-0.39, 0.29) is 5.56 Å². The minimum atomic E-state index is -1.05. The molecule has 0 aliphatic rings.